The SMILES string of the molecule is CCNc1snnc1COC1CCC1. The number of anilines is 1. The zero-order valence-corrected chi connectivity index (χ0v) is 9.14. The van der Waals surface area contributed by atoms with Gasteiger partial charge in [-0.1, -0.05) is 4.49 Å². The highest BCUT2D eigenvalue weighted by molar-refractivity contribution is 7.10. The molecule has 1 aliphatic carbocycles. The highest BCUT2D eigenvalue weighted by Gasteiger charge is 2.19. The summed E-state index contributed by atoms with van der Waals surface area (Å²) in [5.74, 6) is 0. The van der Waals surface area contributed by atoms with Gasteiger partial charge in [0.1, 0.15) is 10.7 Å². The Hall–Kier alpha value is -0.680. The van der Waals surface area contributed by atoms with Crippen molar-refractivity contribution < 1.29 is 4.74 Å². The van der Waals surface area contributed by atoms with Gasteiger partial charge in [-0.2, -0.15) is 0 Å². The fourth-order valence-electron chi connectivity index (χ4n) is 1.33. The van der Waals surface area contributed by atoms with Crippen molar-refractivity contribution in [1.82, 2.24) is 9.59 Å². The summed E-state index contributed by atoms with van der Waals surface area (Å²) in [6.07, 6.45) is 4.17. The Kier molecular flexibility index (Phi) is 3.31. The second kappa shape index (κ2) is 4.70. The van der Waals surface area contributed by atoms with Gasteiger partial charge in [0.2, 0.25) is 0 Å². The predicted octanol–water partition coefficient (Wildman–Crippen LogP) is 2.04. The quantitative estimate of drug-likeness (QED) is 0.813. The van der Waals surface area contributed by atoms with Gasteiger partial charge in [0.05, 0.1) is 12.7 Å². The summed E-state index contributed by atoms with van der Waals surface area (Å²) >= 11 is 1.40. The Morgan fingerprint density at radius 3 is 3.07 bits per heavy atom. The number of hydrogen-bond acceptors (Lipinski definition) is 5. The van der Waals surface area contributed by atoms with Crippen LogP contribution in [0.3, 0.4) is 0 Å². The predicted molar refractivity (Wildman–Crippen MR) is 56.5 cm³/mol. The molecule has 0 bridgehead atoms. The molecule has 5 heteroatoms. The lowest BCUT2D eigenvalue weighted by Crippen LogP contribution is -2.21. The van der Waals surface area contributed by atoms with Crippen molar-refractivity contribution in [2.24, 2.45) is 0 Å². The number of rotatable bonds is 5. The van der Waals surface area contributed by atoms with E-state index >= 15 is 0 Å². The summed E-state index contributed by atoms with van der Waals surface area (Å²) in [5.41, 5.74) is 0.948. The van der Waals surface area contributed by atoms with E-state index in [-0.39, 0.29) is 0 Å². The Balaban J connectivity index is 1.84. The second-order valence-electron chi connectivity index (χ2n) is 3.44. The van der Waals surface area contributed by atoms with Gasteiger partial charge >= 0.3 is 0 Å². The minimum atomic E-state index is 0.464. The molecule has 1 aromatic heterocycles. The molecule has 0 radical (unpaired) electrons. The first-order valence-corrected chi connectivity index (χ1v) is 5.84. The first-order chi connectivity index (χ1) is 6.90. The molecule has 1 heterocycles. The summed E-state index contributed by atoms with van der Waals surface area (Å²) in [5, 5.41) is 8.32. The summed E-state index contributed by atoms with van der Waals surface area (Å²) in [6, 6.07) is 0. The summed E-state index contributed by atoms with van der Waals surface area (Å²) in [4.78, 5) is 0. The van der Waals surface area contributed by atoms with Crippen molar-refractivity contribution in [2.45, 2.75) is 38.9 Å². The van der Waals surface area contributed by atoms with E-state index in [9.17, 15) is 0 Å². The fourth-order valence-corrected chi connectivity index (χ4v) is 1.97. The van der Waals surface area contributed by atoms with Crippen molar-refractivity contribution >= 4 is 16.5 Å². The van der Waals surface area contributed by atoms with E-state index in [1.807, 2.05) is 0 Å². The number of nitrogens with one attached hydrogen (secondary N) is 1. The Morgan fingerprint density at radius 2 is 2.43 bits per heavy atom. The maximum atomic E-state index is 5.67. The molecule has 1 saturated carbocycles. The molecule has 0 atom stereocenters. The number of hydrogen-bond donors (Lipinski definition) is 1. The molecule has 0 spiro atoms. The molecular weight excluding hydrogens is 198 g/mol. The molecule has 0 unspecified atom stereocenters. The molecular formula is C9H15N3OS. The van der Waals surface area contributed by atoms with E-state index in [0.717, 1.165) is 17.2 Å². The third-order valence-electron chi connectivity index (χ3n) is 2.40. The average Bonchev–Trinajstić information content (AvgIpc) is 2.51. The molecule has 0 amide bonds. The van der Waals surface area contributed by atoms with Gasteiger partial charge in [-0.25, -0.2) is 0 Å². The second-order valence-corrected chi connectivity index (χ2v) is 4.20. The Bertz CT molecular complexity index is 285. The largest absolute Gasteiger partial charge is 0.374 e. The maximum Gasteiger partial charge on any atom is 0.135 e. The monoisotopic (exact) mass is 213 g/mol. The Labute approximate surface area is 87.8 Å². The standard InChI is InChI=1S/C9H15N3OS/c1-2-10-9-8(11-12-14-9)6-13-7-4-3-5-7/h7,10H,2-6H2,1H3. The lowest BCUT2D eigenvalue weighted by atomic mass is 9.96. The summed E-state index contributed by atoms with van der Waals surface area (Å²) in [7, 11) is 0. The highest BCUT2D eigenvalue weighted by atomic mass is 32.1. The van der Waals surface area contributed by atoms with Crippen LogP contribution in [0.5, 0.6) is 0 Å². The lowest BCUT2D eigenvalue weighted by Gasteiger charge is -2.25. The normalized spacial score (nSPS) is 16.6. The average molecular weight is 213 g/mol. The van der Waals surface area contributed by atoms with Crippen LogP contribution in [0.1, 0.15) is 31.9 Å². The van der Waals surface area contributed by atoms with E-state index in [1.165, 1.54) is 30.8 Å². The molecule has 1 N–H and O–H groups in total. The van der Waals surface area contributed by atoms with Gasteiger partial charge in [0, 0.05) is 18.1 Å². The van der Waals surface area contributed by atoms with Gasteiger partial charge < -0.3 is 10.1 Å². The number of ether oxygens (including phenoxy) is 1. The van der Waals surface area contributed by atoms with Crippen molar-refractivity contribution in [3.8, 4) is 0 Å². The molecule has 14 heavy (non-hydrogen) atoms. The van der Waals surface area contributed by atoms with Crippen LogP contribution < -0.4 is 5.32 Å². The van der Waals surface area contributed by atoms with Crippen LogP contribution in [0.15, 0.2) is 0 Å². The van der Waals surface area contributed by atoms with Gasteiger partial charge in [-0.05, 0) is 26.2 Å². The smallest absolute Gasteiger partial charge is 0.135 e. The molecule has 1 aliphatic rings. The van der Waals surface area contributed by atoms with Gasteiger partial charge in [0.15, 0.2) is 0 Å². The van der Waals surface area contributed by atoms with E-state index in [0.29, 0.717) is 12.7 Å². The molecule has 0 aromatic carbocycles. The van der Waals surface area contributed by atoms with Crippen molar-refractivity contribution in [1.29, 1.82) is 0 Å². The van der Waals surface area contributed by atoms with Crippen LogP contribution in [0.4, 0.5) is 5.00 Å². The zero-order chi connectivity index (χ0) is 9.80. The topological polar surface area (TPSA) is 47.0 Å². The lowest BCUT2D eigenvalue weighted by molar-refractivity contribution is -0.00986. The molecule has 0 saturated heterocycles. The highest BCUT2D eigenvalue weighted by Crippen LogP contribution is 2.25. The summed E-state index contributed by atoms with van der Waals surface area (Å²) < 4.78 is 9.59. The molecule has 2 rings (SSSR count). The molecule has 4 nitrogen and oxygen atoms in total. The number of nitrogens with zero attached hydrogens (tertiary/aromatic N) is 2. The van der Waals surface area contributed by atoms with Crippen LogP contribution in [-0.2, 0) is 11.3 Å². The van der Waals surface area contributed by atoms with Gasteiger partial charge in [0.25, 0.3) is 0 Å². The molecule has 1 fully saturated rings. The zero-order valence-electron chi connectivity index (χ0n) is 8.32. The van der Waals surface area contributed by atoms with Crippen molar-refractivity contribution in [3.63, 3.8) is 0 Å². The first-order valence-electron chi connectivity index (χ1n) is 5.07. The van der Waals surface area contributed by atoms with Gasteiger partial charge in [-0.15, -0.1) is 5.10 Å². The van der Waals surface area contributed by atoms with Crippen LogP contribution in [0.2, 0.25) is 0 Å². The van der Waals surface area contributed by atoms with Crippen LogP contribution in [0, 0.1) is 0 Å². The first kappa shape index (κ1) is 9.86. The Morgan fingerprint density at radius 1 is 1.57 bits per heavy atom. The minimum Gasteiger partial charge on any atom is -0.374 e. The summed E-state index contributed by atoms with van der Waals surface area (Å²) in [6.45, 7) is 3.57. The van der Waals surface area contributed by atoms with E-state index in [2.05, 4.69) is 21.8 Å². The maximum absolute atomic E-state index is 5.67. The fraction of sp³-hybridized carbons (Fsp3) is 0.778. The molecule has 1 aromatic rings. The van der Waals surface area contributed by atoms with Crippen LogP contribution >= 0.6 is 11.5 Å². The number of aromatic nitrogens is 2. The van der Waals surface area contributed by atoms with E-state index in [1.54, 1.807) is 0 Å². The molecule has 78 valence electrons. The molecule has 0 aliphatic heterocycles. The third kappa shape index (κ3) is 2.22. The van der Waals surface area contributed by atoms with Crippen molar-refractivity contribution in [3.05, 3.63) is 5.69 Å². The minimum absolute atomic E-state index is 0.464. The van der Waals surface area contributed by atoms with E-state index < -0.39 is 0 Å². The van der Waals surface area contributed by atoms with Gasteiger partial charge in [-0.3, -0.25) is 0 Å². The van der Waals surface area contributed by atoms with Crippen LogP contribution in [0.25, 0.3) is 0 Å². The van der Waals surface area contributed by atoms with Crippen molar-refractivity contribution in [2.75, 3.05) is 11.9 Å². The van der Waals surface area contributed by atoms with Crippen LogP contribution in [-0.4, -0.2) is 22.2 Å². The van der Waals surface area contributed by atoms with E-state index in [4.69, 9.17) is 4.74 Å². The third-order valence-corrected chi connectivity index (χ3v) is 3.13.